The molecule has 0 spiro atoms. The highest BCUT2D eigenvalue weighted by molar-refractivity contribution is 6.32. The second-order valence-electron chi connectivity index (χ2n) is 5.63. The first-order chi connectivity index (χ1) is 12.1. The molecule has 0 radical (unpaired) electrons. The van der Waals surface area contributed by atoms with Crippen LogP contribution in [-0.4, -0.2) is 38.8 Å². The molecule has 0 saturated heterocycles. The summed E-state index contributed by atoms with van der Waals surface area (Å²) in [6.45, 7) is 0.977. The largest absolute Gasteiger partial charge is 0.497 e. The number of benzene rings is 2. The topological polar surface area (TPSA) is 65.2 Å². The molecule has 0 aliphatic rings. The van der Waals surface area contributed by atoms with Crippen molar-refractivity contribution in [1.29, 1.82) is 0 Å². The Morgan fingerprint density at radius 1 is 1.12 bits per heavy atom. The summed E-state index contributed by atoms with van der Waals surface area (Å²) in [6.07, 6.45) is 0. The smallest absolute Gasteiger partial charge is 0.369 e. The van der Waals surface area contributed by atoms with Crippen molar-refractivity contribution in [2.45, 2.75) is 13.2 Å². The number of nitrogens with zero attached hydrogens (tertiary/aromatic N) is 5. The Hall–Kier alpha value is -2.64. The van der Waals surface area contributed by atoms with Crippen molar-refractivity contribution in [3.63, 3.8) is 0 Å². The van der Waals surface area contributed by atoms with Crippen molar-refractivity contribution < 1.29 is 4.74 Å². The van der Waals surface area contributed by atoms with Gasteiger partial charge in [0.2, 0.25) is 0 Å². The van der Waals surface area contributed by atoms with Gasteiger partial charge in [0.1, 0.15) is 12.4 Å². The second-order valence-corrected chi connectivity index (χ2v) is 6.04. The molecule has 3 rings (SSSR count). The van der Waals surface area contributed by atoms with Crippen molar-refractivity contribution in [3.05, 3.63) is 69.6 Å². The van der Waals surface area contributed by atoms with Gasteiger partial charge >= 0.3 is 5.69 Å². The van der Waals surface area contributed by atoms with Crippen LogP contribution in [0.25, 0.3) is 5.69 Å². The van der Waals surface area contributed by atoms with Crippen molar-refractivity contribution in [2.24, 2.45) is 0 Å². The second kappa shape index (κ2) is 7.50. The molecule has 7 nitrogen and oxygen atoms in total. The van der Waals surface area contributed by atoms with E-state index in [0.717, 1.165) is 11.3 Å². The molecule has 0 bridgehead atoms. The molecule has 2 aromatic carbocycles. The molecule has 0 atom stereocenters. The molecule has 0 fully saturated rings. The Balaban J connectivity index is 1.73. The molecule has 130 valence electrons. The molecule has 0 aliphatic heterocycles. The number of rotatable bonds is 6. The van der Waals surface area contributed by atoms with E-state index in [2.05, 4.69) is 10.4 Å². The van der Waals surface area contributed by atoms with Crippen LogP contribution in [0.5, 0.6) is 5.75 Å². The summed E-state index contributed by atoms with van der Waals surface area (Å²) in [5.74, 6) is 0.810. The molecule has 0 N–H and O–H groups in total. The average Bonchev–Trinajstić information content (AvgIpc) is 2.96. The summed E-state index contributed by atoms with van der Waals surface area (Å²) in [7, 11) is 3.54. The normalized spacial score (nSPS) is 11.0. The highest BCUT2D eigenvalue weighted by Gasteiger charge is 2.12. The van der Waals surface area contributed by atoms with Gasteiger partial charge in [-0.2, -0.15) is 9.36 Å². The fraction of sp³-hybridized carbons (Fsp3) is 0.235. The fourth-order valence-corrected chi connectivity index (χ4v) is 2.67. The van der Waals surface area contributed by atoms with E-state index < -0.39 is 0 Å². The van der Waals surface area contributed by atoms with E-state index in [9.17, 15) is 4.79 Å². The lowest BCUT2D eigenvalue weighted by Crippen LogP contribution is -2.31. The number of hydrogen-bond donors (Lipinski definition) is 0. The highest BCUT2D eigenvalue weighted by Crippen LogP contribution is 2.17. The molecule has 0 amide bonds. The first-order valence-electron chi connectivity index (χ1n) is 7.67. The number of para-hydroxylation sites is 1. The number of tetrazole rings is 1. The standard InChI is InChI=1S/C17H18ClN5O2/c1-21(11-13-7-9-14(25-2)10-8-13)12-22-17(24)23(20-19-22)16-6-4-3-5-15(16)18/h3-10H,11-12H2,1-2H3. The molecule has 0 unspecified atom stereocenters. The number of ether oxygens (including phenoxy) is 1. The summed E-state index contributed by atoms with van der Waals surface area (Å²) in [5, 5.41) is 8.31. The molecule has 3 aromatic rings. The van der Waals surface area contributed by atoms with Crippen LogP contribution in [0.3, 0.4) is 0 Å². The Bertz CT molecular complexity index is 904. The van der Waals surface area contributed by atoms with Crippen molar-refractivity contribution in [2.75, 3.05) is 14.2 Å². The third-order valence-corrected chi connectivity index (χ3v) is 4.03. The van der Waals surface area contributed by atoms with Crippen molar-refractivity contribution in [1.82, 2.24) is 24.7 Å². The van der Waals surface area contributed by atoms with Crippen LogP contribution in [-0.2, 0) is 13.2 Å². The minimum Gasteiger partial charge on any atom is -0.497 e. The van der Waals surface area contributed by atoms with Gasteiger partial charge in [0.05, 0.1) is 17.8 Å². The summed E-state index contributed by atoms with van der Waals surface area (Å²) in [6, 6.07) is 14.8. The predicted octanol–water partition coefficient (Wildman–Crippen LogP) is 2.18. The quantitative estimate of drug-likeness (QED) is 0.675. The first-order valence-corrected chi connectivity index (χ1v) is 8.05. The number of methoxy groups -OCH3 is 1. The van der Waals surface area contributed by atoms with Crippen LogP contribution < -0.4 is 10.4 Å². The molecule has 25 heavy (non-hydrogen) atoms. The summed E-state index contributed by atoms with van der Waals surface area (Å²) in [5.41, 5.74) is 1.28. The van der Waals surface area contributed by atoms with Gasteiger partial charge in [0.15, 0.2) is 0 Å². The SMILES string of the molecule is COc1ccc(CN(C)Cn2nnn(-c3ccccc3Cl)c2=O)cc1. The van der Waals surface area contributed by atoms with Gasteiger partial charge in [-0.1, -0.05) is 35.9 Å². The van der Waals surface area contributed by atoms with Gasteiger partial charge in [0, 0.05) is 6.54 Å². The zero-order valence-corrected chi connectivity index (χ0v) is 14.7. The Kier molecular flexibility index (Phi) is 5.16. The molecule has 1 aromatic heterocycles. The maximum atomic E-state index is 12.5. The number of halogens is 1. The van der Waals surface area contributed by atoms with Crippen LogP contribution in [0, 0.1) is 0 Å². The Morgan fingerprint density at radius 3 is 2.52 bits per heavy atom. The first kappa shape index (κ1) is 17.2. The molecule has 1 heterocycles. The Morgan fingerprint density at radius 2 is 1.84 bits per heavy atom. The lowest BCUT2D eigenvalue weighted by atomic mass is 10.2. The third-order valence-electron chi connectivity index (χ3n) is 3.71. The van der Waals surface area contributed by atoms with E-state index in [-0.39, 0.29) is 5.69 Å². The average molecular weight is 360 g/mol. The molecular weight excluding hydrogens is 342 g/mol. The van der Waals surface area contributed by atoms with Gasteiger partial charge in [-0.3, -0.25) is 4.90 Å². The van der Waals surface area contributed by atoms with E-state index >= 15 is 0 Å². The zero-order valence-electron chi connectivity index (χ0n) is 14.0. The summed E-state index contributed by atoms with van der Waals surface area (Å²) in [4.78, 5) is 14.5. The third kappa shape index (κ3) is 3.89. The van der Waals surface area contributed by atoms with Crippen LogP contribution in [0.4, 0.5) is 0 Å². The van der Waals surface area contributed by atoms with E-state index in [1.165, 1.54) is 9.36 Å². The lowest BCUT2D eigenvalue weighted by Gasteiger charge is -2.15. The minimum absolute atomic E-state index is 0.315. The number of hydrogen-bond acceptors (Lipinski definition) is 5. The number of aromatic nitrogens is 4. The fourth-order valence-electron chi connectivity index (χ4n) is 2.46. The van der Waals surface area contributed by atoms with Crippen LogP contribution in [0.15, 0.2) is 53.3 Å². The van der Waals surface area contributed by atoms with Crippen molar-refractivity contribution in [3.8, 4) is 11.4 Å². The maximum Gasteiger partial charge on any atom is 0.369 e. The molecule has 0 saturated carbocycles. The summed E-state index contributed by atoms with van der Waals surface area (Å²) < 4.78 is 7.65. The van der Waals surface area contributed by atoms with Gasteiger partial charge in [-0.25, -0.2) is 4.79 Å². The van der Waals surface area contributed by atoms with E-state index in [1.54, 1.807) is 31.4 Å². The van der Waals surface area contributed by atoms with Crippen LogP contribution in [0.1, 0.15) is 5.56 Å². The predicted molar refractivity (Wildman–Crippen MR) is 95.1 cm³/mol. The molecule has 8 heteroatoms. The van der Waals surface area contributed by atoms with Gasteiger partial charge in [-0.15, -0.1) is 0 Å². The molecular formula is C17H18ClN5O2. The van der Waals surface area contributed by atoms with Crippen molar-refractivity contribution >= 4 is 11.6 Å². The van der Waals surface area contributed by atoms with Crippen LogP contribution in [0.2, 0.25) is 5.02 Å². The monoisotopic (exact) mass is 359 g/mol. The van der Waals surface area contributed by atoms with E-state index in [4.69, 9.17) is 16.3 Å². The maximum absolute atomic E-state index is 12.5. The van der Waals surface area contributed by atoms with Gasteiger partial charge < -0.3 is 4.74 Å². The van der Waals surface area contributed by atoms with Gasteiger partial charge in [0.25, 0.3) is 0 Å². The Labute approximate surface area is 150 Å². The van der Waals surface area contributed by atoms with Crippen LogP contribution >= 0.6 is 11.6 Å². The highest BCUT2D eigenvalue weighted by atomic mass is 35.5. The van der Waals surface area contributed by atoms with E-state index in [0.29, 0.717) is 23.9 Å². The van der Waals surface area contributed by atoms with E-state index in [1.807, 2.05) is 36.2 Å². The lowest BCUT2D eigenvalue weighted by molar-refractivity contribution is 0.239. The zero-order chi connectivity index (χ0) is 17.8. The molecule has 0 aliphatic carbocycles. The minimum atomic E-state index is -0.338. The summed E-state index contributed by atoms with van der Waals surface area (Å²) >= 11 is 6.12. The van der Waals surface area contributed by atoms with Gasteiger partial charge in [-0.05, 0) is 47.3 Å².